The zero-order chi connectivity index (χ0) is 28.7. The van der Waals surface area contributed by atoms with Crippen LogP contribution in [-0.2, 0) is 28.3 Å². The number of urea groups is 1. The zero-order valence-electron chi connectivity index (χ0n) is 22.4. The molecule has 0 saturated carbocycles. The number of methoxy groups -OCH3 is 1. The van der Waals surface area contributed by atoms with Gasteiger partial charge in [0, 0.05) is 37.5 Å². The summed E-state index contributed by atoms with van der Waals surface area (Å²) in [6.07, 6.45) is 1.77. The van der Waals surface area contributed by atoms with Gasteiger partial charge in [-0.25, -0.2) is 17.9 Å². The minimum absolute atomic E-state index is 0.0966. The molecular formula is C29H31N5O5S. The van der Waals surface area contributed by atoms with Crippen molar-refractivity contribution >= 4 is 27.6 Å². The lowest BCUT2D eigenvalue weighted by Crippen LogP contribution is -2.53. The molecule has 4 aromatic rings. The fourth-order valence-corrected chi connectivity index (χ4v) is 5.27. The average molecular weight is 562 g/mol. The summed E-state index contributed by atoms with van der Waals surface area (Å²) in [5.41, 5.74) is 2.76. The number of nitrogens with zero attached hydrogens (tertiary/aromatic N) is 3. The molecule has 0 saturated heterocycles. The number of hydrogen-bond acceptors (Lipinski definition) is 6. The lowest BCUT2D eigenvalue weighted by atomic mass is 10.0. The molecule has 0 spiro atoms. The Balaban J connectivity index is 1.56. The van der Waals surface area contributed by atoms with Crippen molar-refractivity contribution < 1.29 is 22.7 Å². The number of nitrogens with one attached hydrogen (secondary N) is 2. The minimum Gasteiger partial charge on any atom is -0.497 e. The van der Waals surface area contributed by atoms with Gasteiger partial charge in [0.25, 0.3) is 10.0 Å². The molecule has 0 unspecified atom stereocenters. The van der Waals surface area contributed by atoms with Gasteiger partial charge in [0.2, 0.25) is 5.91 Å². The molecule has 40 heavy (non-hydrogen) atoms. The van der Waals surface area contributed by atoms with Gasteiger partial charge in [0.05, 0.1) is 17.7 Å². The second-order valence-electron chi connectivity index (χ2n) is 8.97. The molecule has 0 aliphatic heterocycles. The van der Waals surface area contributed by atoms with Crippen LogP contribution in [0.3, 0.4) is 0 Å². The maximum Gasteiger partial charge on any atom is 0.329 e. The largest absolute Gasteiger partial charge is 0.497 e. The summed E-state index contributed by atoms with van der Waals surface area (Å²) >= 11 is 0. The number of rotatable bonds is 10. The van der Waals surface area contributed by atoms with E-state index in [1.807, 2.05) is 37.3 Å². The van der Waals surface area contributed by atoms with Gasteiger partial charge < -0.3 is 15.0 Å². The van der Waals surface area contributed by atoms with Crippen LogP contribution in [0, 0.1) is 0 Å². The number of carbonyl (C=O) groups is 2. The third-order valence-electron chi connectivity index (χ3n) is 6.34. The molecule has 0 bridgehead atoms. The molecule has 0 fully saturated rings. The Labute approximate surface area is 233 Å². The van der Waals surface area contributed by atoms with Crippen molar-refractivity contribution in [1.82, 2.24) is 19.8 Å². The molecule has 0 radical (unpaired) electrons. The van der Waals surface area contributed by atoms with Crippen molar-refractivity contribution in [2.24, 2.45) is 7.05 Å². The molecule has 3 aromatic carbocycles. The van der Waals surface area contributed by atoms with Crippen LogP contribution < -0.4 is 19.7 Å². The Hall–Kier alpha value is -4.64. The summed E-state index contributed by atoms with van der Waals surface area (Å²) in [5, 5.41) is 6.70. The van der Waals surface area contributed by atoms with E-state index in [4.69, 9.17) is 4.74 Å². The number of ether oxygens (including phenoxy) is 1. The molecule has 3 amide bonds. The number of likely N-dealkylation sites (N-methyl/N-ethyl adjacent to an activating group) is 1. The number of benzene rings is 3. The van der Waals surface area contributed by atoms with Crippen LogP contribution in [-0.4, -0.2) is 49.8 Å². The first-order chi connectivity index (χ1) is 19.2. The van der Waals surface area contributed by atoms with Crippen molar-refractivity contribution in [3.8, 4) is 17.0 Å². The molecule has 208 valence electrons. The molecule has 11 heteroatoms. The predicted octanol–water partition coefficient (Wildman–Crippen LogP) is 3.75. The first-order valence-electron chi connectivity index (χ1n) is 12.6. The van der Waals surface area contributed by atoms with E-state index in [1.165, 1.54) is 17.0 Å². The van der Waals surface area contributed by atoms with E-state index in [0.717, 1.165) is 5.56 Å². The number of aryl methyl sites for hydroxylation is 1. The lowest BCUT2D eigenvalue weighted by Gasteiger charge is -2.27. The van der Waals surface area contributed by atoms with Gasteiger partial charge in [-0.15, -0.1) is 0 Å². The standard InChI is InChI=1S/C29H31N5O5S/c1-4-34(23-13-15-24(39-3)16-14-23)28(35)26(19-21-9-6-5-7-10-21)31-29(36)32-40(37,38)25-12-8-11-22(20-25)27-17-18-30-33(27)2/h5-18,20,26H,4,19H2,1-3H3,(H2,31,32,36)/t26-/m0/s1. The SMILES string of the molecule is CCN(C(=O)[C@H](Cc1ccccc1)NC(=O)NS(=O)(=O)c1cccc(-c2ccnn2C)c1)c1ccc(OC)cc1. The van der Waals surface area contributed by atoms with E-state index in [0.29, 0.717) is 29.2 Å². The maximum atomic E-state index is 13.7. The van der Waals surface area contributed by atoms with Gasteiger partial charge in [-0.1, -0.05) is 42.5 Å². The van der Waals surface area contributed by atoms with E-state index in [-0.39, 0.29) is 17.2 Å². The van der Waals surface area contributed by atoms with Crippen LogP contribution in [0.5, 0.6) is 5.75 Å². The Morgan fingerprint density at radius 2 is 1.73 bits per heavy atom. The third-order valence-corrected chi connectivity index (χ3v) is 7.67. The van der Waals surface area contributed by atoms with Crippen LogP contribution in [0.2, 0.25) is 0 Å². The summed E-state index contributed by atoms with van der Waals surface area (Å²) in [4.78, 5) is 28.2. The lowest BCUT2D eigenvalue weighted by molar-refractivity contribution is -0.120. The van der Waals surface area contributed by atoms with Gasteiger partial charge in [0.1, 0.15) is 11.8 Å². The molecule has 10 nitrogen and oxygen atoms in total. The molecule has 1 aromatic heterocycles. The summed E-state index contributed by atoms with van der Waals surface area (Å²) in [5.74, 6) is 0.255. The maximum absolute atomic E-state index is 13.7. The van der Waals surface area contributed by atoms with E-state index in [2.05, 4.69) is 15.1 Å². The molecular weight excluding hydrogens is 530 g/mol. The van der Waals surface area contributed by atoms with Crippen molar-refractivity contribution in [1.29, 1.82) is 0 Å². The Morgan fingerprint density at radius 1 is 1.00 bits per heavy atom. The summed E-state index contributed by atoms with van der Waals surface area (Å²) < 4.78 is 35.1. The molecule has 0 aliphatic rings. The Bertz CT molecular complexity index is 1570. The van der Waals surface area contributed by atoms with Crippen LogP contribution >= 0.6 is 0 Å². The number of sulfonamides is 1. The Morgan fingerprint density at radius 3 is 2.35 bits per heavy atom. The van der Waals surface area contributed by atoms with Gasteiger partial charge in [-0.2, -0.15) is 5.10 Å². The van der Waals surface area contributed by atoms with Crippen LogP contribution in [0.1, 0.15) is 12.5 Å². The second kappa shape index (κ2) is 12.5. The number of aromatic nitrogens is 2. The summed E-state index contributed by atoms with van der Waals surface area (Å²) in [6.45, 7) is 2.15. The first-order valence-corrected chi connectivity index (χ1v) is 14.1. The predicted molar refractivity (Wildman–Crippen MR) is 152 cm³/mol. The first kappa shape index (κ1) is 28.4. The number of carbonyl (C=O) groups excluding carboxylic acids is 2. The van der Waals surface area contributed by atoms with Gasteiger partial charge in [0.15, 0.2) is 0 Å². The monoisotopic (exact) mass is 561 g/mol. The highest BCUT2D eigenvalue weighted by Crippen LogP contribution is 2.23. The van der Waals surface area contributed by atoms with Crippen molar-refractivity contribution in [2.45, 2.75) is 24.3 Å². The molecule has 2 N–H and O–H groups in total. The van der Waals surface area contributed by atoms with Crippen molar-refractivity contribution in [3.05, 3.63) is 96.7 Å². The van der Waals surface area contributed by atoms with E-state index in [1.54, 1.807) is 67.5 Å². The average Bonchev–Trinajstić information content (AvgIpc) is 3.39. The van der Waals surface area contributed by atoms with Crippen LogP contribution in [0.4, 0.5) is 10.5 Å². The van der Waals surface area contributed by atoms with Gasteiger partial charge in [-0.05, 0) is 55.0 Å². The minimum atomic E-state index is -4.25. The molecule has 0 aliphatic carbocycles. The Kier molecular flexibility index (Phi) is 8.85. The fraction of sp³-hybridized carbons (Fsp3) is 0.207. The highest BCUT2D eigenvalue weighted by atomic mass is 32.2. The molecule has 4 rings (SSSR count). The van der Waals surface area contributed by atoms with E-state index >= 15 is 0 Å². The van der Waals surface area contributed by atoms with Crippen molar-refractivity contribution in [2.75, 3.05) is 18.6 Å². The highest BCUT2D eigenvalue weighted by molar-refractivity contribution is 7.90. The van der Waals surface area contributed by atoms with Crippen LogP contribution in [0.15, 0.2) is 96.0 Å². The fourth-order valence-electron chi connectivity index (χ4n) is 4.31. The number of amides is 3. The van der Waals surface area contributed by atoms with E-state index in [9.17, 15) is 18.0 Å². The summed E-state index contributed by atoms with van der Waals surface area (Å²) in [7, 11) is -0.944. The van der Waals surface area contributed by atoms with Gasteiger partial charge >= 0.3 is 6.03 Å². The second-order valence-corrected chi connectivity index (χ2v) is 10.7. The molecule has 1 heterocycles. The third kappa shape index (κ3) is 6.67. The smallest absolute Gasteiger partial charge is 0.329 e. The number of hydrogen-bond donors (Lipinski definition) is 2. The zero-order valence-corrected chi connectivity index (χ0v) is 23.3. The quantitative estimate of drug-likeness (QED) is 0.304. The highest BCUT2D eigenvalue weighted by Gasteiger charge is 2.28. The topological polar surface area (TPSA) is 123 Å². The summed E-state index contributed by atoms with van der Waals surface area (Å²) in [6, 6.07) is 22.1. The normalized spacial score (nSPS) is 11.9. The van der Waals surface area contributed by atoms with Crippen molar-refractivity contribution in [3.63, 3.8) is 0 Å². The number of anilines is 1. The van der Waals surface area contributed by atoms with Gasteiger partial charge in [-0.3, -0.25) is 9.48 Å². The van der Waals surface area contributed by atoms with E-state index < -0.39 is 22.1 Å². The van der Waals surface area contributed by atoms with Crippen LogP contribution in [0.25, 0.3) is 11.3 Å². The molecule has 1 atom stereocenters.